The van der Waals surface area contributed by atoms with Crippen LogP contribution in [0.1, 0.15) is 38.5 Å². The van der Waals surface area contributed by atoms with Crippen LogP contribution in [-0.4, -0.2) is 72.5 Å². The quantitative estimate of drug-likeness (QED) is 0.201. The van der Waals surface area contributed by atoms with Gasteiger partial charge in [0.1, 0.15) is 4.70 Å². The van der Waals surface area contributed by atoms with Crippen molar-refractivity contribution in [1.82, 2.24) is 29.7 Å². The Balaban J connectivity index is 0.000000179. The number of nitrogens with zero attached hydrogens (tertiary/aromatic N) is 4. The Morgan fingerprint density at radius 1 is 0.978 bits per heavy atom. The van der Waals surface area contributed by atoms with Gasteiger partial charge in [0.15, 0.2) is 5.78 Å². The first-order valence-corrected chi connectivity index (χ1v) is 16.9. The van der Waals surface area contributed by atoms with Crippen molar-refractivity contribution >= 4 is 65.8 Å². The number of fused-ring (bicyclic) bond motifs is 2. The Hall–Kier alpha value is -2.78. The van der Waals surface area contributed by atoms with Gasteiger partial charge in [-0.1, -0.05) is 23.8 Å². The molecule has 0 radical (unpaired) electrons. The second kappa shape index (κ2) is 15.2. The number of aliphatic hydroxyl groups is 2. The van der Waals surface area contributed by atoms with Gasteiger partial charge in [-0.25, -0.2) is 9.97 Å². The van der Waals surface area contributed by atoms with Crippen LogP contribution in [0.15, 0.2) is 62.4 Å². The summed E-state index contributed by atoms with van der Waals surface area (Å²) in [4.78, 5) is 45.4. The fourth-order valence-corrected chi connectivity index (χ4v) is 6.95. The van der Waals surface area contributed by atoms with Crippen molar-refractivity contribution in [1.29, 1.82) is 0 Å². The molecule has 2 aliphatic heterocycles. The minimum atomic E-state index is -0.489. The molecule has 0 spiro atoms. The van der Waals surface area contributed by atoms with Gasteiger partial charge in [-0.2, -0.15) is 0 Å². The maximum absolute atomic E-state index is 12.6. The maximum Gasteiger partial charge on any atom is 0.271 e. The molecule has 4 aromatic rings. The minimum absolute atomic E-state index is 0.000711. The third-order valence-electron chi connectivity index (χ3n) is 8.09. The standard InChI is InChI=1S/C17H19BrClN3O2.C14H17N3O3S/c1-10(5-15-16(23)3-2-4-20-15)8-22-9-21-14-7-12(18)13(19)6-11(14)17(22)24;18-9(6-11-12(19)2-1-4-15-11)7-17-8-16-10-3-5-21-13(10)14(17)20/h6-7,9,15-16,20,23H,1-5,8H2;3,5,8,11-12,15,19H,1-2,4,6-7H2/t15-,16+;11-,12+/m11/s1. The highest BCUT2D eigenvalue weighted by Crippen LogP contribution is 2.26. The van der Waals surface area contributed by atoms with E-state index in [2.05, 4.69) is 43.1 Å². The Kier molecular flexibility index (Phi) is 11.3. The maximum atomic E-state index is 12.6. The molecule has 3 aromatic heterocycles. The third kappa shape index (κ3) is 8.33. The number of carbonyl (C=O) groups is 1. The van der Waals surface area contributed by atoms with Crippen molar-refractivity contribution in [2.75, 3.05) is 13.1 Å². The van der Waals surface area contributed by atoms with E-state index in [4.69, 9.17) is 11.6 Å². The number of benzene rings is 1. The third-order valence-corrected chi connectivity index (χ3v) is 10.2. The number of nitrogens with one attached hydrogen (secondary N) is 2. The van der Waals surface area contributed by atoms with E-state index in [-0.39, 0.29) is 48.1 Å². The van der Waals surface area contributed by atoms with Crippen molar-refractivity contribution in [2.24, 2.45) is 0 Å². The average molecular weight is 720 g/mol. The number of Topliss-reactive ketones (excluding diaryl/α,β-unsaturated/α-hetero) is 1. The zero-order valence-electron chi connectivity index (χ0n) is 24.6. The predicted molar refractivity (Wildman–Crippen MR) is 180 cm³/mol. The van der Waals surface area contributed by atoms with Crippen molar-refractivity contribution < 1.29 is 15.0 Å². The molecule has 0 saturated carbocycles. The summed E-state index contributed by atoms with van der Waals surface area (Å²) in [7, 11) is 0. The number of aliphatic hydroxyl groups excluding tert-OH is 2. The van der Waals surface area contributed by atoms with Crippen LogP contribution in [-0.2, 0) is 17.9 Å². The lowest BCUT2D eigenvalue weighted by Gasteiger charge is -2.29. The van der Waals surface area contributed by atoms with E-state index in [9.17, 15) is 24.6 Å². The number of carbonyl (C=O) groups excluding carboxylic acids is 1. The molecule has 0 unspecified atom stereocenters. The van der Waals surface area contributed by atoms with E-state index in [1.807, 2.05) is 5.38 Å². The fourth-order valence-electron chi connectivity index (χ4n) is 5.66. The van der Waals surface area contributed by atoms with Gasteiger partial charge in [0.2, 0.25) is 0 Å². The number of piperidine rings is 2. The number of ketones is 1. The highest BCUT2D eigenvalue weighted by atomic mass is 79.9. The van der Waals surface area contributed by atoms with Crippen LogP contribution in [0, 0.1) is 0 Å². The van der Waals surface area contributed by atoms with E-state index in [1.54, 1.807) is 18.2 Å². The molecule has 6 rings (SSSR count). The summed E-state index contributed by atoms with van der Waals surface area (Å²) in [6.45, 7) is 6.16. The summed E-state index contributed by atoms with van der Waals surface area (Å²) < 4.78 is 4.16. The van der Waals surface area contributed by atoms with Gasteiger partial charge >= 0.3 is 0 Å². The van der Waals surface area contributed by atoms with Gasteiger partial charge in [0, 0.05) is 29.5 Å². The summed E-state index contributed by atoms with van der Waals surface area (Å²) in [5.41, 5.74) is 1.81. The molecule has 240 valence electrons. The number of hydrogen-bond acceptors (Lipinski definition) is 10. The number of hydrogen-bond donors (Lipinski definition) is 4. The van der Waals surface area contributed by atoms with Crippen molar-refractivity contribution in [3.63, 3.8) is 0 Å². The van der Waals surface area contributed by atoms with Gasteiger partial charge < -0.3 is 20.8 Å². The van der Waals surface area contributed by atoms with E-state index >= 15 is 0 Å². The van der Waals surface area contributed by atoms with E-state index in [0.29, 0.717) is 50.0 Å². The lowest BCUT2D eigenvalue weighted by Crippen LogP contribution is -2.46. The van der Waals surface area contributed by atoms with Crippen molar-refractivity contribution in [3.05, 3.63) is 78.6 Å². The largest absolute Gasteiger partial charge is 0.391 e. The van der Waals surface area contributed by atoms with Crippen LogP contribution in [0.5, 0.6) is 0 Å². The Labute approximate surface area is 277 Å². The van der Waals surface area contributed by atoms with Gasteiger partial charge in [0.25, 0.3) is 11.1 Å². The van der Waals surface area contributed by atoms with Gasteiger partial charge in [-0.15, -0.1) is 11.3 Å². The molecule has 2 aliphatic rings. The number of thiophene rings is 1. The van der Waals surface area contributed by atoms with Gasteiger partial charge in [-0.05, 0) is 84.7 Å². The van der Waals surface area contributed by atoms with Crippen LogP contribution in [0.4, 0.5) is 0 Å². The zero-order valence-corrected chi connectivity index (χ0v) is 27.8. The topological polar surface area (TPSA) is 151 Å². The van der Waals surface area contributed by atoms with E-state index in [1.165, 1.54) is 33.1 Å². The summed E-state index contributed by atoms with van der Waals surface area (Å²) in [6.07, 6.45) is 6.38. The second-order valence-electron chi connectivity index (χ2n) is 11.5. The first-order valence-electron chi connectivity index (χ1n) is 14.9. The number of halogens is 2. The summed E-state index contributed by atoms with van der Waals surface area (Å²) in [5.74, 6) is -0.0757. The zero-order chi connectivity index (χ0) is 32.1. The molecule has 11 nitrogen and oxygen atoms in total. The lowest BCUT2D eigenvalue weighted by atomic mass is 9.95. The van der Waals surface area contributed by atoms with Crippen molar-refractivity contribution in [2.45, 2.75) is 75.9 Å². The van der Waals surface area contributed by atoms with Gasteiger partial charge in [0.05, 0.1) is 52.8 Å². The molecule has 4 atom stereocenters. The summed E-state index contributed by atoms with van der Waals surface area (Å²) in [5, 5.41) is 29.1. The number of rotatable bonds is 8. The van der Waals surface area contributed by atoms with Crippen LogP contribution >= 0.6 is 38.9 Å². The molecule has 4 N–H and O–H groups in total. The molecule has 45 heavy (non-hydrogen) atoms. The van der Waals surface area contributed by atoms with E-state index in [0.717, 1.165) is 37.9 Å². The molecular formula is C31H36BrClN6O5S. The predicted octanol–water partition coefficient (Wildman–Crippen LogP) is 3.40. The van der Waals surface area contributed by atoms with Crippen LogP contribution in [0.3, 0.4) is 0 Å². The Bertz CT molecular complexity index is 1810. The van der Waals surface area contributed by atoms with E-state index < -0.39 is 6.10 Å². The molecule has 14 heteroatoms. The smallest absolute Gasteiger partial charge is 0.271 e. The van der Waals surface area contributed by atoms with Crippen LogP contribution in [0.2, 0.25) is 5.02 Å². The molecule has 5 heterocycles. The van der Waals surface area contributed by atoms with Crippen molar-refractivity contribution in [3.8, 4) is 0 Å². The molecule has 0 bridgehead atoms. The molecule has 1 aromatic carbocycles. The summed E-state index contributed by atoms with van der Waals surface area (Å²) >= 11 is 10.8. The highest BCUT2D eigenvalue weighted by molar-refractivity contribution is 9.10. The average Bonchev–Trinajstić information content (AvgIpc) is 3.50. The molecule has 2 fully saturated rings. The Morgan fingerprint density at radius 2 is 1.60 bits per heavy atom. The first-order chi connectivity index (χ1) is 21.6. The SMILES string of the molecule is C=C(C[C@H]1NCCC[C@@H]1O)Cn1cnc2cc(Br)c(Cl)cc2c1=O.O=C(C[C@H]1NCCC[C@@H]1O)Cn1cnc2ccsc2c1=O. The number of aromatic nitrogens is 4. The highest BCUT2D eigenvalue weighted by Gasteiger charge is 2.25. The normalized spacial score (nSPS) is 21.8. The molecular weight excluding hydrogens is 684 g/mol. The Morgan fingerprint density at radius 3 is 2.27 bits per heavy atom. The monoisotopic (exact) mass is 718 g/mol. The molecule has 0 amide bonds. The molecule has 2 saturated heterocycles. The summed E-state index contributed by atoms with van der Waals surface area (Å²) in [6, 6.07) is 4.94. The lowest BCUT2D eigenvalue weighted by molar-refractivity contribution is -0.121. The second-order valence-corrected chi connectivity index (χ2v) is 13.7. The van der Waals surface area contributed by atoms with Crippen LogP contribution < -0.4 is 21.8 Å². The fraction of sp³-hybridized carbons (Fsp3) is 0.452. The molecule has 0 aliphatic carbocycles. The van der Waals surface area contributed by atoms with Gasteiger partial charge in [-0.3, -0.25) is 23.5 Å². The van der Waals surface area contributed by atoms with Crippen LogP contribution in [0.25, 0.3) is 21.1 Å². The first kappa shape index (κ1) is 33.6. The minimum Gasteiger partial charge on any atom is -0.391 e.